The zero-order chi connectivity index (χ0) is 41.3. The number of aliphatic hydroxyl groups excluding tert-OH is 3. The molecule has 59 heavy (non-hydrogen) atoms. The first kappa shape index (κ1) is 36.5. The molecular formula is C45H32BN3O10. The lowest BCUT2D eigenvalue weighted by Crippen LogP contribution is -2.31. The molecule has 0 saturated carbocycles. The molecule has 0 fully saturated rings. The van der Waals surface area contributed by atoms with Crippen molar-refractivity contribution in [3.63, 3.8) is 0 Å². The minimum Gasteiger partial charge on any atom is -0.507 e. The van der Waals surface area contributed by atoms with Gasteiger partial charge in [0.25, 0.3) is 0 Å². The number of phenolic OH excluding ortho intramolecular Hbond substituents is 6. The van der Waals surface area contributed by atoms with Gasteiger partial charge in [-0.05, 0) is 27.7 Å². The van der Waals surface area contributed by atoms with E-state index in [2.05, 4.69) is 0 Å². The van der Waals surface area contributed by atoms with E-state index in [0.717, 1.165) is 22.3 Å². The highest BCUT2D eigenvalue weighted by Crippen LogP contribution is 2.60. The van der Waals surface area contributed by atoms with Crippen molar-refractivity contribution < 1.29 is 50.7 Å². The molecule has 0 saturated heterocycles. The fourth-order valence-electron chi connectivity index (χ4n) is 7.69. The van der Waals surface area contributed by atoms with Crippen LogP contribution in [0.25, 0.3) is 61.7 Å². The summed E-state index contributed by atoms with van der Waals surface area (Å²) in [5.74, 6) is -9.50. The van der Waals surface area contributed by atoms with Crippen LogP contribution in [0.5, 0.6) is 40.2 Å². The molecule has 0 amide bonds. The van der Waals surface area contributed by atoms with Crippen molar-refractivity contribution in [3.8, 4) is 96.4 Å². The lowest BCUT2D eigenvalue weighted by molar-refractivity contribution is 0.202. The summed E-state index contributed by atoms with van der Waals surface area (Å²) < 4.78 is 6.40. The van der Waals surface area contributed by atoms with E-state index in [1.807, 2.05) is 109 Å². The number of phenols is 6. The Hall–Kier alpha value is -8.13. The Morgan fingerprint density at radius 2 is 0.898 bits per heavy atom. The second kappa shape index (κ2) is 13.8. The van der Waals surface area contributed by atoms with Crippen molar-refractivity contribution >= 4 is 18.9 Å². The number of benzene rings is 6. The summed E-state index contributed by atoms with van der Waals surface area (Å²) >= 11 is 0. The van der Waals surface area contributed by atoms with Crippen LogP contribution in [0.3, 0.4) is 0 Å². The maximum Gasteiger partial charge on any atom is 0.197 e. The van der Waals surface area contributed by atoms with E-state index in [1.54, 1.807) is 0 Å². The standard InChI is InChI=1S/C45H32BN3O10/c46-33-28-30-37(55)40(58)38(56)32(42(30)59-41(28)31(36(54)39(33)57)29-34(52)26(50)19-27(51)35(29)53)45-48-43(24-15-11-22(12-16-24)20-7-3-1-4-8-20)47-44(49-45)25-17-13-23(14-18-25)21-9-5-2-6-10-21/h1-19,30,42,50-58H,46H2. The molecule has 7 aromatic rings. The summed E-state index contributed by atoms with van der Waals surface area (Å²) in [5, 5.41) is 99.4. The quantitative estimate of drug-likeness (QED) is 0.0478. The Kier molecular flexibility index (Phi) is 8.55. The number of fused-ring (bicyclic) bond motifs is 3. The third kappa shape index (κ3) is 5.84. The maximum absolute atomic E-state index is 11.6. The van der Waals surface area contributed by atoms with Crippen LogP contribution in [0.4, 0.5) is 0 Å². The average molecular weight is 786 g/mol. The summed E-state index contributed by atoms with van der Waals surface area (Å²) in [6.45, 7) is 0. The summed E-state index contributed by atoms with van der Waals surface area (Å²) in [4.78, 5) is 14.3. The normalized spacial score (nSPS) is 15.8. The van der Waals surface area contributed by atoms with E-state index in [1.165, 1.54) is 7.85 Å². The smallest absolute Gasteiger partial charge is 0.197 e. The zero-order valence-corrected chi connectivity index (χ0v) is 30.9. The number of rotatable bonds is 6. The van der Waals surface area contributed by atoms with Gasteiger partial charge >= 0.3 is 0 Å². The number of hydrogen-bond donors (Lipinski definition) is 9. The third-order valence-electron chi connectivity index (χ3n) is 10.7. The van der Waals surface area contributed by atoms with Crippen LogP contribution in [0.1, 0.15) is 17.3 Å². The van der Waals surface area contributed by atoms with Gasteiger partial charge in [-0.1, -0.05) is 109 Å². The van der Waals surface area contributed by atoms with Gasteiger partial charge in [0.05, 0.1) is 22.6 Å². The Morgan fingerprint density at radius 3 is 1.39 bits per heavy atom. The first-order valence-corrected chi connectivity index (χ1v) is 18.3. The predicted octanol–water partition coefficient (Wildman–Crippen LogP) is 6.85. The monoisotopic (exact) mass is 785 g/mol. The second-order valence-corrected chi connectivity index (χ2v) is 14.1. The molecule has 13 nitrogen and oxygen atoms in total. The molecule has 2 aliphatic rings. The van der Waals surface area contributed by atoms with Gasteiger partial charge in [0.1, 0.15) is 25.5 Å². The molecule has 0 bridgehead atoms. The van der Waals surface area contributed by atoms with Gasteiger partial charge in [0.2, 0.25) is 0 Å². The lowest BCUT2D eigenvalue weighted by atomic mass is 9.76. The van der Waals surface area contributed by atoms with E-state index in [-0.39, 0.29) is 39.8 Å². The number of hydrogen-bond acceptors (Lipinski definition) is 13. The molecule has 1 aliphatic heterocycles. The van der Waals surface area contributed by atoms with E-state index in [0.29, 0.717) is 17.2 Å². The van der Waals surface area contributed by atoms with E-state index < -0.39 is 74.9 Å². The topological polar surface area (TPSA) is 230 Å². The first-order chi connectivity index (χ1) is 28.4. The molecule has 2 atom stereocenters. The summed E-state index contributed by atoms with van der Waals surface area (Å²) in [6.07, 6.45) is -1.47. The van der Waals surface area contributed by atoms with E-state index >= 15 is 0 Å². The average Bonchev–Trinajstić information content (AvgIpc) is 3.66. The lowest BCUT2D eigenvalue weighted by Gasteiger charge is -2.27. The summed E-state index contributed by atoms with van der Waals surface area (Å²) in [5.41, 5.74) is 3.44. The Labute approximate surface area is 336 Å². The van der Waals surface area contributed by atoms with Crippen molar-refractivity contribution in [1.29, 1.82) is 0 Å². The van der Waals surface area contributed by atoms with Crippen LogP contribution < -0.4 is 10.2 Å². The van der Waals surface area contributed by atoms with E-state index in [4.69, 9.17) is 19.7 Å². The molecule has 2 unspecified atom stereocenters. The molecule has 0 spiro atoms. The van der Waals surface area contributed by atoms with Crippen molar-refractivity contribution in [1.82, 2.24) is 15.0 Å². The van der Waals surface area contributed by atoms with E-state index in [9.17, 15) is 46.0 Å². The van der Waals surface area contributed by atoms with Crippen LogP contribution >= 0.6 is 0 Å². The Balaban J connectivity index is 1.23. The molecule has 2 heterocycles. The highest BCUT2D eigenvalue weighted by atomic mass is 16.5. The zero-order valence-electron chi connectivity index (χ0n) is 30.9. The molecule has 9 N–H and O–H groups in total. The summed E-state index contributed by atoms with van der Waals surface area (Å²) in [6, 6.07) is 35.2. The van der Waals surface area contributed by atoms with Crippen LogP contribution in [0.15, 0.2) is 133 Å². The maximum atomic E-state index is 11.6. The van der Waals surface area contributed by atoms with Gasteiger partial charge < -0.3 is 50.7 Å². The van der Waals surface area contributed by atoms with Crippen molar-refractivity contribution in [2.75, 3.05) is 0 Å². The Morgan fingerprint density at radius 1 is 0.458 bits per heavy atom. The van der Waals surface area contributed by atoms with Crippen LogP contribution in [0.2, 0.25) is 0 Å². The van der Waals surface area contributed by atoms with Gasteiger partial charge in [-0.3, -0.25) is 0 Å². The summed E-state index contributed by atoms with van der Waals surface area (Å²) in [7, 11) is 1.39. The molecule has 6 aromatic carbocycles. The molecule has 0 radical (unpaired) electrons. The van der Waals surface area contributed by atoms with Crippen LogP contribution in [-0.4, -0.2) is 74.9 Å². The van der Waals surface area contributed by atoms with Gasteiger partial charge in [-0.25, -0.2) is 15.0 Å². The number of aromatic nitrogens is 3. The van der Waals surface area contributed by atoms with Crippen LogP contribution in [-0.2, 0) is 0 Å². The molecule has 1 aliphatic carbocycles. The fraction of sp³-hybridized carbons (Fsp3) is 0.0444. The fourth-order valence-corrected chi connectivity index (χ4v) is 7.69. The highest BCUT2D eigenvalue weighted by molar-refractivity contribution is 6.36. The van der Waals surface area contributed by atoms with Crippen molar-refractivity contribution in [2.24, 2.45) is 0 Å². The Bertz CT molecular complexity index is 2780. The number of ether oxygens (including phenoxy) is 1. The van der Waals surface area contributed by atoms with Crippen molar-refractivity contribution in [3.05, 3.63) is 144 Å². The van der Waals surface area contributed by atoms with Gasteiger partial charge in [0.15, 0.2) is 63.5 Å². The van der Waals surface area contributed by atoms with Gasteiger partial charge in [-0.15, -0.1) is 0 Å². The number of aromatic hydroxyl groups is 6. The minimum atomic E-state index is -1.47. The minimum absolute atomic E-state index is 0.0292. The largest absolute Gasteiger partial charge is 0.507 e. The third-order valence-corrected chi connectivity index (χ3v) is 10.7. The highest BCUT2D eigenvalue weighted by Gasteiger charge is 2.51. The molecular weight excluding hydrogens is 753 g/mol. The molecule has 9 rings (SSSR count). The molecule has 14 heteroatoms. The SMILES string of the molecule is Bc1c(O)c(O)c(-c2c(O)c(O)cc(O)c2O)c2c1C1C(O)=C(O)C(O)=C(c3nc(-c4ccc(-c5ccccc5)cc4)nc(-c4ccc(-c5ccccc5)cc4)n3)C1O2. The van der Waals surface area contributed by atoms with Crippen molar-refractivity contribution in [2.45, 2.75) is 12.0 Å². The predicted molar refractivity (Wildman–Crippen MR) is 221 cm³/mol. The van der Waals surface area contributed by atoms with Gasteiger partial charge in [0, 0.05) is 22.8 Å². The number of nitrogens with zero attached hydrogens (tertiary/aromatic N) is 3. The van der Waals surface area contributed by atoms with Crippen LogP contribution in [0, 0.1) is 0 Å². The molecule has 290 valence electrons. The van der Waals surface area contributed by atoms with Gasteiger partial charge in [-0.2, -0.15) is 0 Å². The first-order valence-electron chi connectivity index (χ1n) is 18.3. The second-order valence-electron chi connectivity index (χ2n) is 14.1. The number of aliphatic hydroxyl groups is 3. The molecule has 1 aromatic heterocycles.